The van der Waals surface area contributed by atoms with E-state index < -0.39 is 5.91 Å². The lowest BCUT2D eigenvalue weighted by Crippen LogP contribution is -2.26. The molecule has 0 spiro atoms. The summed E-state index contributed by atoms with van der Waals surface area (Å²) in [6, 6.07) is 7.40. The molecule has 0 atom stereocenters. The molecule has 1 heterocycles. The van der Waals surface area contributed by atoms with E-state index in [1.807, 2.05) is 24.3 Å². The zero-order valence-corrected chi connectivity index (χ0v) is 12.2. The quantitative estimate of drug-likeness (QED) is 0.409. The number of methoxy groups -OCH3 is 1. The van der Waals surface area contributed by atoms with E-state index >= 15 is 0 Å². The number of amides is 1. The number of hydrogen-bond acceptors (Lipinski definition) is 5. The Bertz CT molecular complexity index is 714. The Kier molecular flexibility index (Phi) is 5.51. The fourth-order valence-corrected chi connectivity index (χ4v) is 1.84. The number of hydrogen-bond donors (Lipinski definition) is 3. The molecule has 0 fully saturated rings. The number of carbonyl (C=O) groups is 1. The lowest BCUT2D eigenvalue weighted by molar-refractivity contribution is -0.117. The topological polar surface area (TPSA) is 103 Å². The van der Waals surface area contributed by atoms with Crippen LogP contribution in [-0.2, 0) is 9.53 Å². The fourth-order valence-electron chi connectivity index (χ4n) is 1.84. The van der Waals surface area contributed by atoms with Crippen molar-refractivity contribution in [2.45, 2.75) is 6.42 Å². The van der Waals surface area contributed by atoms with Gasteiger partial charge in [-0.25, -0.2) is 4.98 Å². The standard InChI is InChI=1S/C15H17N5O2/c1-22-6-2-5-17-15(21)11(8-16)9-18-12-3-4-13-14(7-12)20-10-19-13/h3-4,7,9-10,18H,2,5-6H2,1H3,(H,17,21)(H,19,20)/b11-9-. The number of nitrogens with zero attached hydrogens (tertiary/aromatic N) is 2. The number of nitrogens with one attached hydrogen (secondary N) is 3. The fraction of sp³-hybridized carbons (Fsp3) is 0.267. The molecule has 0 saturated heterocycles. The van der Waals surface area contributed by atoms with Gasteiger partial charge in [-0.1, -0.05) is 0 Å². The summed E-state index contributed by atoms with van der Waals surface area (Å²) in [7, 11) is 1.60. The first-order valence-corrected chi connectivity index (χ1v) is 6.81. The minimum Gasteiger partial charge on any atom is -0.385 e. The first kappa shape index (κ1) is 15.5. The molecule has 1 aromatic carbocycles. The average Bonchev–Trinajstić information content (AvgIpc) is 3.00. The van der Waals surface area contributed by atoms with Gasteiger partial charge in [-0.15, -0.1) is 0 Å². The normalized spacial score (nSPS) is 11.2. The smallest absolute Gasteiger partial charge is 0.263 e. The van der Waals surface area contributed by atoms with Gasteiger partial charge < -0.3 is 20.4 Å². The van der Waals surface area contributed by atoms with E-state index in [-0.39, 0.29) is 5.57 Å². The second kappa shape index (κ2) is 7.81. The van der Waals surface area contributed by atoms with E-state index in [1.165, 1.54) is 6.20 Å². The number of aromatic nitrogens is 2. The Morgan fingerprint density at radius 3 is 3.18 bits per heavy atom. The van der Waals surface area contributed by atoms with Crippen molar-refractivity contribution < 1.29 is 9.53 Å². The second-order valence-electron chi connectivity index (χ2n) is 4.55. The lowest BCUT2D eigenvalue weighted by Gasteiger charge is -2.05. The molecule has 7 nitrogen and oxygen atoms in total. The molecule has 3 N–H and O–H groups in total. The molecule has 0 aliphatic heterocycles. The summed E-state index contributed by atoms with van der Waals surface area (Å²) in [5.41, 5.74) is 2.51. The van der Waals surface area contributed by atoms with Gasteiger partial charge >= 0.3 is 0 Å². The Labute approximate surface area is 128 Å². The zero-order chi connectivity index (χ0) is 15.8. The van der Waals surface area contributed by atoms with Gasteiger partial charge in [0.15, 0.2) is 0 Å². The van der Waals surface area contributed by atoms with E-state index in [9.17, 15) is 4.79 Å². The van der Waals surface area contributed by atoms with Crippen molar-refractivity contribution in [3.05, 3.63) is 36.3 Å². The highest BCUT2D eigenvalue weighted by Gasteiger charge is 2.07. The Balaban J connectivity index is 1.96. The molecule has 2 rings (SSSR count). The van der Waals surface area contributed by atoms with Crippen LogP contribution in [0.2, 0.25) is 0 Å². The van der Waals surface area contributed by atoms with Crippen molar-refractivity contribution in [2.75, 3.05) is 25.6 Å². The minimum atomic E-state index is -0.409. The highest BCUT2D eigenvalue weighted by Crippen LogP contribution is 2.15. The van der Waals surface area contributed by atoms with Crippen molar-refractivity contribution in [1.82, 2.24) is 15.3 Å². The third-order valence-electron chi connectivity index (χ3n) is 2.98. The van der Waals surface area contributed by atoms with Crippen LogP contribution in [0.1, 0.15) is 6.42 Å². The van der Waals surface area contributed by atoms with Gasteiger partial charge in [-0.2, -0.15) is 5.26 Å². The Morgan fingerprint density at radius 2 is 2.41 bits per heavy atom. The van der Waals surface area contributed by atoms with Gasteiger partial charge in [0.1, 0.15) is 11.6 Å². The first-order chi connectivity index (χ1) is 10.7. The lowest BCUT2D eigenvalue weighted by atomic mass is 10.2. The zero-order valence-electron chi connectivity index (χ0n) is 12.2. The van der Waals surface area contributed by atoms with E-state index in [2.05, 4.69) is 20.6 Å². The summed E-state index contributed by atoms with van der Waals surface area (Å²) in [6.45, 7) is 1.03. The summed E-state index contributed by atoms with van der Waals surface area (Å²) in [5, 5.41) is 14.7. The first-order valence-electron chi connectivity index (χ1n) is 6.81. The van der Waals surface area contributed by atoms with Crippen LogP contribution < -0.4 is 10.6 Å². The van der Waals surface area contributed by atoms with Crippen molar-refractivity contribution >= 4 is 22.6 Å². The number of benzene rings is 1. The molecular formula is C15H17N5O2. The van der Waals surface area contributed by atoms with E-state index in [0.717, 1.165) is 16.7 Å². The number of aromatic amines is 1. The molecule has 0 aliphatic carbocycles. The molecule has 1 aromatic heterocycles. The Morgan fingerprint density at radius 1 is 1.55 bits per heavy atom. The van der Waals surface area contributed by atoms with Gasteiger partial charge in [0.05, 0.1) is 17.4 Å². The van der Waals surface area contributed by atoms with Crippen LogP contribution >= 0.6 is 0 Å². The average molecular weight is 299 g/mol. The van der Waals surface area contributed by atoms with Crippen LogP contribution in [0.5, 0.6) is 0 Å². The number of H-pyrrole nitrogens is 1. The molecule has 0 saturated carbocycles. The van der Waals surface area contributed by atoms with Crippen LogP contribution in [-0.4, -0.2) is 36.1 Å². The van der Waals surface area contributed by atoms with Crippen LogP contribution in [0.15, 0.2) is 36.3 Å². The molecule has 0 aliphatic rings. The molecule has 2 aromatic rings. The number of carbonyl (C=O) groups excluding carboxylic acids is 1. The third kappa shape index (κ3) is 4.07. The highest BCUT2D eigenvalue weighted by molar-refractivity contribution is 5.97. The highest BCUT2D eigenvalue weighted by atomic mass is 16.5. The van der Waals surface area contributed by atoms with Crippen LogP contribution in [0.3, 0.4) is 0 Å². The molecule has 114 valence electrons. The van der Waals surface area contributed by atoms with E-state index in [1.54, 1.807) is 13.4 Å². The number of fused-ring (bicyclic) bond motifs is 1. The van der Waals surface area contributed by atoms with Crippen LogP contribution in [0.25, 0.3) is 11.0 Å². The Hall–Kier alpha value is -2.85. The molecule has 0 bridgehead atoms. The summed E-state index contributed by atoms with van der Waals surface area (Å²) in [4.78, 5) is 18.9. The maximum absolute atomic E-state index is 11.8. The van der Waals surface area contributed by atoms with Crippen molar-refractivity contribution in [2.24, 2.45) is 0 Å². The maximum atomic E-state index is 11.8. The molecule has 0 unspecified atom stereocenters. The van der Waals surface area contributed by atoms with Crippen molar-refractivity contribution in [3.63, 3.8) is 0 Å². The number of rotatable bonds is 7. The summed E-state index contributed by atoms with van der Waals surface area (Å²) < 4.78 is 4.89. The number of imidazole rings is 1. The molecule has 1 amide bonds. The van der Waals surface area contributed by atoms with Gasteiger partial charge in [0.2, 0.25) is 0 Å². The van der Waals surface area contributed by atoms with Gasteiger partial charge in [0, 0.05) is 32.1 Å². The number of ether oxygens (including phenoxy) is 1. The molecule has 0 radical (unpaired) electrons. The number of nitriles is 1. The minimum absolute atomic E-state index is 0.0159. The van der Waals surface area contributed by atoms with Gasteiger partial charge in [-0.05, 0) is 24.6 Å². The second-order valence-corrected chi connectivity index (χ2v) is 4.55. The molecular weight excluding hydrogens is 282 g/mol. The van der Waals surface area contributed by atoms with Gasteiger partial charge in [-0.3, -0.25) is 4.79 Å². The summed E-state index contributed by atoms with van der Waals surface area (Å²) >= 11 is 0. The summed E-state index contributed by atoms with van der Waals surface area (Å²) in [5.74, 6) is -0.409. The predicted octanol–water partition coefficient (Wildman–Crippen LogP) is 1.53. The number of anilines is 1. The van der Waals surface area contributed by atoms with E-state index in [0.29, 0.717) is 19.6 Å². The van der Waals surface area contributed by atoms with E-state index in [4.69, 9.17) is 10.00 Å². The molecule has 7 heteroatoms. The van der Waals surface area contributed by atoms with Crippen molar-refractivity contribution in [3.8, 4) is 6.07 Å². The SMILES string of the molecule is COCCCNC(=O)/C(C#N)=C\Nc1ccc2nc[nH]c2c1. The maximum Gasteiger partial charge on any atom is 0.263 e. The largest absolute Gasteiger partial charge is 0.385 e. The summed E-state index contributed by atoms with van der Waals surface area (Å²) in [6.07, 6.45) is 3.70. The molecule has 22 heavy (non-hydrogen) atoms. The van der Waals surface area contributed by atoms with Crippen LogP contribution in [0.4, 0.5) is 5.69 Å². The third-order valence-corrected chi connectivity index (χ3v) is 2.98. The van der Waals surface area contributed by atoms with Crippen LogP contribution in [0, 0.1) is 11.3 Å². The predicted molar refractivity (Wildman–Crippen MR) is 82.9 cm³/mol. The monoisotopic (exact) mass is 299 g/mol. The van der Waals surface area contributed by atoms with Crippen molar-refractivity contribution in [1.29, 1.82) is 5.26 Å². The van der Waals surface area contributed by atoms with Gasteiger partial charge in [0.25, 0.3) is 5.91 Å².